The molecule has 4 N–H and O–H groups in total. The van der Waals surface area contributed by atoms with Crippen LogP contribution in [0.3, 0.4) is 0 Å². The summed E-state index contributed by atoms with van der Waals surface area (Å²) in [5, 5.41) is 2.51. The van der Waals surface area contributed by atoms with Crippen LogP contribution in [0.5, 0.6) is 0 Å². The molecular weight excluding hydrogens is 313 g/mol. The van der Waals surface area contributed by atoms with Gasteiger partial charge in [-0.2, -0.15) is 13.2 Å². The van der Waals surface area contributed by atoms with Crippen LogP contribution in [0.1, 0.15) is 12.5 Å². The highest BCUT2D eigenvalue weighted by Crippen LogP contribution is 2.36. The Bertz CT molecular complexity index is 445. The molecule has 100 valence electrons. The second kappa shape index (κ2) is 6.05. The number of anilines is 1. The minimum atomic E-state index is -4.46. The van der Waals surface area contributed by atoms with Gasteiger partial charge in [0.2, 0.25) is 5.96 Å². The lowest BCUT2D eigenvalue weighted by Crippen LogP contribution is -2.36. The van der Waals surface area contributed by atoms with Gasteiger partial charge in [0.1, 0.15) is 0 Å². The van der Waals surface area contributed by atoms with Crippen molar-refractivity contribution >= 4 is 27.6 Å². The zero-order valence-corrected chi connectivity index (χ0v) is 11.1. The lowest BCUT2D eigenvalue weighted by atomic mass is 10.1. The predicted octanol–water partition coefficient (Wildman–Crippen LogP) is 2.72. The Morgan fingerprint density at radius 2 is 2.11 bits per heavy atom. The van der Waals surface area contributed by atoms with Crippen molar-refractivity contribution in [2.45, 2.75) is 13.1 Å². The topological polar surface area (TPSA) is 62.4 Å². The molecule has 1 rings (SSSR count). The van der Waals surface area contributed by atoms with E-state index < -0.39 is 11.7 Å². The number of benzene rings is 1. The summed E-state index contributed by atoms with van der Waals surface area (Å²) in [6, 6.07) is 3.79. The van der Waals surface area contributed by atoms with Crippen molar-refractivity contribution in [3.05, 3.63) is 28.2 Å². The van der Waals surface area contributed by atoms with Crippen LogP contribution in [0, 0.1) is 0 Å². The minimum Gasteiger partial charge on any atom is -0.325 e. The molecule has 0 unspecified atom stereocenters. The Morgan fingerprint density at radius 1 is 1.44 bits per heavy atom. The average Bonchev–Trinajstić information content (AvgIpc) is 2.29. The summed E-state index contributed by atoms with van der Waals surface area (Å²) in [5.74, 6) is 5.24. The summed E-state index contributed by atoms with van der Waals surface area (Å²) in [7, 11) is 0. The third kappa shape index (κ3) is 3.88. The van der Waals surface area contributed by atoms with Gasteiger partial charge in [0, 0.05) is 11.0 Å². The van der Waals surface area contributed by atoms with Crippen molar-refractivity contribution in [1.82, 2.24) is 5.43 Å². The Labute approximate surface area is 111 Å². The fourth-order valence-electron chi connectivity index (χ4n) is 1.27. The lowest BCUT2D eigenvalue weighted by molar-refractivity contribution is -0.136. The quantitative estimate of drug-likeness (QED) is 0.339. The van der Waals surface area contributed by atoms with Crippen LogP contribution < -0.4 is 16.6 Å². The van der Waals surface area contributed by atoms with E-state index in [1.165, 1.54) is 12.1 Å². The maximum absolute atomic E-state index is 12.8. The Balaban J connectivity index is 3.13. The number of alkyl halides is 3. The summed E-state index contributed by atoms with van der Waals surface area (Å²) in [4.78, 5) is 3.87. The van der Waals surface area contributed by atoms with E-state index in [1.54, 1.807) is 6.92 Å². The van der Waals surface area contributed by atoms with E-state index >= 15 is 0 Å². The molecule has 0 spiro atoms. The second-order valence-electron chi connectivity index (χ2n) is 3.28. The van der Waals surface area contributed by atoms with Gasteiger partial charge in [-0.25, -0.2) is 5.84 Å². The van der Waals surface area contributed by atoms with Crippen LogP contribution >= 0.6 is 15.9 Å². The third-order valence-electron chi connectivity index (χ3n) is 1.99. The number of halogens is 4. The highest BCUT2D eigenvalue weighted by atomic mass is 79.9. The monoisotopic (exact) mass is 324 g/mol. The summed E-state index contributed by atoms with van der Waals surface area (Å²) >= 11 is 3.00. The van der Waals surface area contributed by atoms with Gasteiger partial charge in [0.25, 0.3) is 0 Å². The zero-order chi connectivity index (χ0) is 13.8. The molecule has 0 atom stereocenters. The summed E-state index contributed by atoms with van der Waals surface area (Å²) < 4.78 is 38.8. The van der Waals surface area contributed by atoms with E-state index in [0.29, 0.717) is 11.0 Å². The van der Waals surface area contributed by atoms with Crippen molar-refractivity contribution in [3.8, 4) is 0 Å². The summed E-state index contributed by atoms with van der Waals surface area (Å²) in [6.45, 7) is 2.13. The number of hydrogen-bond donors (Lipinski definition) is 3. The Morgan fingerprint density at radius 3 is 2.61 bits per heavy atom. The van der Waals surface area contributed by atoms with Crippen LogP contribution in [-0.4, -0.2) is 12.5 Å². The molecule has 4 nitrogen and oxygen atoms in total. The molecule has 0 aliphatic rings. The molecule has 0 bridgehead atoms. The van der Waals surface area contributed by atoms with Crippen LogP contribution in [0.2, 0.25) is 0 Å². The van der Waals surface area contributed by atoms with Gasteiger partial charge < -0.3 is 5.32 Å². The van der Waals surface area contributed by atoms with Gasteiger partial charge in [0.15, 0.2) is 0 Å². The first-order valence-corrected chi connectivity index (χ1v) is 5.82. The van der Waals surface area contributed by atoms with Crippen molar-refractivity contribution in [2.75, 3.05) is 11.9 Å². The second-order valence-corrected chi connectivity index (χ2v) is 4.20. The van der Waals surface area contributed by atoms with Gasteiger partial charge in [-0.1, -0.05) is 15.9 Å². The highest BCUT2D eigenvalue weighted by Gasteiger charge is 2.33. The molecule has 18 heavy (non-hydrogen) atoms. The third-order valence-corrected chi connectivity index (χ3v) is 2.49. The van der Waals surface area contributed by atoms with E-state index in [-0.39, 0.29) is 11.6 Å². The van der Waals surface area contributed by atoms with Gasteiger partial charge in [-0.05, 0) is 25.1 Å². The number of aliphatic imine (C=N–C) groups is 1. The van der Waals surface area contributed by atoms with Gasteiger partial charge in [0.05, 0.1) is 11.3 Å². The van der Waals surface area contributed by atoms with Crippen LogP contribution in [0.15, 0.2) is 27.7 Å². The Hall–Kier alpha value is -1.28. The van der Waals surface area contributed by atoms with Crippen molar-refractivity contribution in [2.24, 2.45) is 10.8 Å². The number of nitrogens with zero attached hydrogens (tertiary/aromatic N) is 1. The Kier molecular flexibility index (Phi) is 4.97. The fourth-order valence-corrected chi connectivity index (χ4v) is 1.63. The van der Waals surface area contributed by atoms with Crippen molar-refractivity contribution in [3.63, 3.8) is 0 Å². The van der Waals surface area contributed by atoms with Gasteiger partial charge in [-0.3, -0.25) is 10.4 Å². The van der Waals surface area contributed by atoms with E-state index in [2.05, 4.69) is 31.7 Å². The highest BCUT2D eigenvalue weighted by molar-refractivity contribution is 9.10. The summed E-state index contributed by atoms with van der Waals surface area (Å²) in [5.41, 5.74) is 1.29. The number of nitrogens with one attached hydrogen (secondary N) is 2. The van der Waals surface area contributed by atoms with Crippen molar-refractivity contribution < 1.29 is 13.2 Å². The molecule has 0 aliphatic heterocycles. The van der Waals surface area contributed by atoms with E-state index in [9.17, 15) is 13.2 Å². The standard InChI is InChI=1S/C10H12BrF3N4/c1-2-16-9(18-15)17-8-4-3-6(11)5-7(8)10(12,13)14/h3-5H,2,15H2,1H3,(H2,16,17,18). The number of rotatable bonds is 2. The summed E-state index contributed by atoms with van der Waals surface area (Å²) in [6.07, 6.45) is -4.46. The molecule has 0 amide bonds. The predicted molar refractivity (Wildman–Crippen MR) is 68.1 cm³/mol. The molecule has 0 fully saturated rings. The molecule has 0 heterocycles. The minimum absolute atomic E-state index is 0.0744. The molecule has 0 saturated heterocycles. The molecule has 0 saturated carbocycles. The average molecular weight is 325 g/mol. The van der Waals surface area contributed by atoms with E-state index in [1.807, 2.05) is 0 Å². The zero-order valence-electron chi connectivity index (χ0n) is 9.48. The lowest BCUT2D eigenvalue weighted by Gasteiger charge is -2.15. The van der Waals surface area contributed by atoms with Gasteiger partial charge >= 0.3 is 6.18 Å². The van der Waals surface area contributed by atoms with Crippen LogP contribution in [0.4, 0.5) is 18.9 Å². The first kappa shape index (κ1) is 14.8. The molecule has 0 aromatic heterocycles. The number of hydrazine groups is 1. The van der Waals surface area contributed by atoms with Gasteiger partial charge in [-0.15, -0.1) is 0 Å². The largest absolute Gasteiger partial charge is 0.418 e. The fraction of sp³-hybridized carbons (Fsp3) is 0.300. The first-order valence-electron chi connectivity index (χ1n) is 5.03. The molecule has 0 aliphatic carbocycles. The van der Waals surface area contributed by atoms with Crippen LogP contribution in [0.25, 0.3) is 0 Å². The number of guanidine groups is 1. The number of hydrogen-bond acceptors (Lipinski definition) is 2. The molecule has 0 radical (unpaired) electrons. The van der Waals surface area contributed by atoms with Crippen LogP contribution in [-0.2, 0) is 6.18 Å². The SMILES string of the molecule is CCN=C(NN)Nc1ccc(Br)cc1C(F)(F)F. The van der Waals surface area contributed by atoms with E-state index in [4.69, 9.17) is 5.84 Å². The maximum atomic E-state index is 12.8. The number of nitrogens with two attached hydrogens (primary N) is 1. The van der Waals surface area contributed by atoms with Crippen molar-refractivity contribution in [1.29, 1.82) is 0 Å². The first-order chi connectivity index (χ1) is 8.38. The molecule has 8 heteroatoms. The molecule has 1 aromatic rings. The molecule has 1 aromatic carbocycles. The maximum Gasteiger partial charge on any atom is 0.418 e. The van der Waals surface area contributed by atoms with E-state index in [0.717, 1.165) is 6.07 Å². The normalized spacial score (nSPS) is 12.4. The molecular formula is C10H12BrF3N4. The smallest absolute Gasteiger partial charge is 0.325 e.